The summed E-state index contributed by atoms with van der Waals surface area (Å²) in [7, 11) is 0. The van der Waals surface area contributed by atoms with Crippen molar-refractivity contribution in [3.8, 4) is 0 Å². The van der Waals surface area contributed by atoms with Gasteiger partial charge in [-0.2, -0.15) is 0 Å². The van der Waals surface area contributed by atoms with Crippen molar-refractivity contribution in [3.05, 3.63) is 61.0 Å². The number of hydrogen-bond donors (Lipinski definition) is 3. The second-order valence-corrected chi connectivity index (χ2v) is 11.9. The maximum Gasteiger partial charge on any atom is 0.258 e. The van der Waals surface area contributed by atoms with Gasteiger partial charge in [-0.1, -0.05) is 45.6 Å². The van der Waals surface area contributed by atoms with Gasteiger partial charge in [0.05, 0.1) is 17.8 Å². The maximum absolute atomic E-state index is 13.3. The van der Waals surface area contributed by atoms with Crippen LogP contribution in [0.15, 0.2) is 49.7 Å². The third-order valence-corrected chi connectivity index (χ3v) is 8.09. The summed E-state index contributed by atoms with van der Waals surface area (Å²) in [6, 6.07) is 6.54. The van der Waals surface area contributed by atoms with E-state index in [4.69, 9.17) is 9.47 Å². The molecule has 232 valence electrons. The number of rotatable bonds is 13. The van der Waals surface area contributed by atoms with Gasteiger partial charge < -0.3 is 20.1 Å². The Morgan fingerprint density at radius 2 is 1.88 bits per heavy atom. The van der Waals surface area contributed by atoms with Crippen LogP contribution in [0.4, 0.5) is 0 Å². The first-order valence-corrected chi connectivity index (χ1v) is 15.1. The van der Waals surface area contributed by atoms with Crippen LogP contribution in [0.25, 0.3) is 16.8 Å². The van der Waals surface area contributed by atoms with Crippen molar-refractivity contribution in [2.24, 2.45) is 11.8 Å². The van der Waals surface area contributed by atoms with Crippen molar-refractivity contribution in [2.75, 3.05) is 6.54 Å². The Labute approximate surface area is 254 Å². The van der Waals surface area contributed by atoms with Crippen LogP contribution in [-0.4, -0.2) is 64.8 Å². The molecule has 10 nitrogen and oxygen atoms in total. The highest BCUT2D eigenvalue weighted by atomic mass is 16.8. The van der Waals surface area contributed by atoms with E-state index in [-0.39, 0.29) is 54.1 Å². The molecule has 3 N–H and O–H groups in total. The first kappa shape index (κ1) is 32.3. The Balaban J connectivity index is 1.29. The molecule has 0 spiro atoms. The summed E-state index contributed by atoms with van der Waals surface area (Å²) in [5.74, 6) is -1.30. The standard InChI is InChI=1S/C33H45N5O5/c1-8-11-20(5)30(39)36-28(19(3)4)31(40)35-21(6)32(41)38-15-10-12-27(37-38)29-33(43-29)42-22(7)23-13-14-24-18-34-26(9-2)17-25(24)16-23/h8-9,13-14,16-22,27-29,33,37H,1-2,10-12,15H2,3-7H3,(H,35,40)(H,36,39)/t20-,21+,22-,27+,28+,29?,33?/m1/s1. The van der Waals surface area contributed by atoms with Crippen LogP contribution in [0.5, 0.6) is 0 Å². The van der Waals surface area contributed by atoms with E-state index in [0.717, 1.165) is 34.9 Å². The Bertz CT molecular complexity index is 1350. The Morgan fingerprint density at radius 3 is 2.58 bits per heavy atom. The minimum atomic E-state index is -0.778. The number of nitrogens with one attached hydrogen (secondary N) is 3. The number of pyridine rings is 1. The van der Waals surface area contributed by atoms with Crippen LogP contribution in [0.1, 0.15) is 71.2 Å². The molecule has 2 aromatic rings. The lowest BCUT2D eigenvalue weighted by Gasteiger charge is -2.35. The smallest absolute Gasteiger partial charge is 0.258 e. The number of epoxide rings is 1. The highest BCUT2D eigenvalue weighted by molar-refractivity contribution is 5.92. The van der Waals surface area contributed by atoms with Crippen LogP contribution in [-0.2, 0) is 23.9 Å². The molecule has 2 saturated heterocycles. The molecule has 1 aromatic heterocycles. The van der Waals surface area contributed by atoms with Gasteiger partial charge in [0, 0.05) is 24.0 Å². The quantitative estimate of drug-likeness (QED) is 0.237. The second-order valence-electron chi connectivity index (χ2n) is 11.9. The molecule has 2 fully saturated rings. The predicted octanol–water partition coefficient (Wildman–Crippen LogP) is 4.03. The van der Waals surface area contributed by atoms with Crippen LogP contribution < -0.4 is 16.1 Å². The molecule has 0 saturated carbocycles. The van der Waals surface area contributed by atoms with E-state index < -0.39 is 12.1 Å². The first-order chi connectivity index (χ1) is 20.5. The number of benzene rings is 1. The summed E-state index contributed by atoms with van der Waals surface area (Å²) in [4.78, 5) is 43.2. The molecule has 2 unspecified atom stereocenters. The van der Waals surface area contributed by atoms with Crippen molar-refractivity contribution in [2.45, 2.75) is 90.5 Å². The molecule has 0 bridgehead atoms. The van der Waals surface area contributed by atoms with E-state index >= 15 is 0 Å². The fourth-order valence-corrected chi connectivity index (χ4v) is 5.32. The zero-order valence-electron chi connectivity index (χ0n) is 25.8. The monoisotopic (exact) mass is 591 g/mol. The van der Waals surface area contributed by atoms with Crippen molar-refractivity contribution in [3.63, 3.8) is 0 Å². The zero-order valence-corrected chi connectivity index (χ0v) is 25.8. The van der Waals surface area contributed by atoms with E-state index in [1.54, 1.807) is 31.0 Å². The lowest BCUT2D eigenvalue weighted by atomic mass is 10.0. The van der Waals surface area contributed by atoms with Crippen LogP contribution >= 0.6 is 0 Å². The number of carbonyl (C=O) groups excluding carboxylic acids is 3. The van der Waals surface area contributed by atoms with Gasteiger partial charge in [-0.25, -0.2) is 5.43 Å². The molecule has 7 atom stereocenters. The summed E-state index contributed by atoms with van der Waals surface area (Å²) in [6.07, 6.45) is 6.63. The van der Waals surface area contributed by atoms with Gasteiger partial charge in [-0.3, -0.25) is 24.4 Å². The van der Waals surface area contributed by atoms with Crippen LogP contribution in [0, 0.1) is 11.8 Å². The Morgan fingerprint density at radius 1 is 1.12 bits per heavy atom. The van der Waals surface area contributed by atoms with E-state index in [1.165, 1.54) is 0 Å². The Hall–Kier alpha value is -3.60. The highest BCUT2D eigenvalue weighted by Crippen LogP contribution is 2.35. The van der Waals surface area contributed by atoms with Gasteiger partial charge in [-0.15, -0.1) is 6.58 Å². The summed E-state index contributed by atoms with van der Waals surface area (Å²) >= 11 is 0. The maximum atomic E-state index is 13.3. The number of hydrazine groups is 1. The molecule has 2 aliphatic heterocycles. The number of allylic oxidation sites excluding steroid dienone is 1. The molecular weight excluding hydrogens is 546 g/mol. The van der Waals surface area contributed by atoms with Crippen LogP contribution in [0.3, 0.4) is 0 Å². The minimum absolute atomic E-state index is 0.0929. The lowest BCUT2D eigenvalue weighted by molar-refractivity contribution is -0.141. The van der Waals surface area contributed by atoms with E-state index in [2.05, 4.69) is 40.3 Å². The van der Waals surface area contributed by atoms with Gasteiger partial charge in [-0.05, 0) is 68.2 Å². The number of carbonyl (C=O) groups is 3. The van der Waals surface area contributed by atoms with Crippen molar-refractivity contribution < 1.29 is 23.9 Å². The molecule has 0 aliphatic carbocycles. The third-order valence-electron chi connectivity index (χ3n) is 8.09. The van der Waals surface area contributed by atoms with Gasteiger partial charge in [0.15, 0.2) is 6.29 Å². The minimum Gasteiger partial charge on any atom is -0.344 e. The highest BCUT2D eigenvalue weighted by Gasteiger charge is 2.48. The average molecular weight is 592 g/mol. The van der Waals surface area contributed by atoms with Gasteiger partial charge in [0.25, 0.3) is 5.91 Å². The first-order valence-electron chi connectivity index (χ1n) is 15.1. The molecule has 4 rings (SSSR count). The number of ether oxygens (including phenoxy) is 2. The molecule has 0 radical (unpaired) electrons. The lowest BCUT2D eigenvalue weighted by Crippen LogP contribution is -2.60. The van der Waals surface area contributed by atoms with Gasteiger partial charge >= 0.3 is 0 Å². The topological polar surface area (TPSA) is 125 Å². The molecule has 1 aromatic carbocycles. The summed E-state index contributed by atoms with van der Waals surface area (Å²) in [5, 5.41) is 9.30. The number of nitrogens with zero attached hydrogens (tertiary/aromatic N) is 2. The fourth-order valence-electron chi connectivity index (χ4n) is 5.32. The number of amides is 3. The summed E-state index contributed by atoms with van der Waals surface area (Å²) in [5.41, 5.74) is 5.15. The fraction of sp³-hybridized carbons (Fsp3) is 0.515. The van der Waals surface area contributed by atoms with Crippen molar-refractivity contribution >= 4 is 34.6 Å². The molecule has 43 heavy (non-hydrogen) atoms. The van der Waals surface area contributed by atoms with Gasteiger partial charge in [0.1, 0.15) is 18.2 Å². The normalized spacial score (nSPS) is 22.7. The predicted molar refractivity (Wildman–Crippen MR) is 166 cm³/mol. The molecule has 3 heterocycles. The molecule has 3 amide bonds. The molecule has 2 aliphatic rings. The summed E-state index contributed by atoms with van der Waals surface area (Å²) < 4.78 is 12.1. The second kappa shape index (κ2) is 14.2. The Kier molecular flexibility index (Phi) is 10.7. The average Bonchev–Trinajstić information content (AvgIpc) is 3.77. The molecular formula is C33H45N5O5. The largest absolute Gasteiger partial charge is 0.344 e. The zero-order chi connectivity index (χ0) is 31.3. The number of fused-ring (bicyclic) bond motifs is 1. The number of aromatic nitrogens is 1. The third kappa shape index (κ3) is 8.07. The van der Waals surface area contributed by atoms with Crippen LogP contribution in [0.2, 0.25) is 0 Å². The van der Waals surface area contributed by atoms with E-state index in [9.17, 15) is 14.4 Å². The number of hydrogen-bond acceptors (Lipinski definition) is 7. The SMILES string of the molecule is C=CC[C@@H](C)C(=O)N[C@H](C(=O)N[C@@H](C)C(=O)N1CCC[C@@H](C2OC2O[C@H](C)c2ccc3cnc(C=C)cc3c2)N1)C(C)C. The molecule has 10 heteroatoms. The van der Waals surface area contributed by atoms with E-state index in [1.807, 2.05) is 45.2 Å². The van der Waals surface area contributed by atoms with Crippen molar-refractivity contribution in [1.82, 2.24) is 26.1 Å². The van der Waals surface area contributed by atoms with Crippen molar-refractivity contribution in [1.29, 1.82) is 0 Å². The van der Waals surface area contributed by atoms with E-state index in [0.29, 0.717) is 13.0 Å². The summed E-state index contributed by atoms with van der Waals surface area (Å²) in [6.45, 7) is 17.1. The van der Waals surface area contributed by atoms with Gasteiger partial charge in [0.2, 0.25) is 11.8 Å².